The number of anilines is 1. The number of rotatable bonds is 3. The third kappa shape index (κ3) is 4.73. The zero-order valence-corrected chi connectivity index (χ0v) is 14.1. The average Bonchev–Trinajstić information content (AvgIpc) is 2.32. The molecule has 0 aliphatic carbocycles. The molecule has 0 spiro atoms. The van der Waals surface area contributed by atoms with Crippen molar-refractivity contribution in [2.24, 2.45) is 0 Å². The Bertz CT molecular complexity index is 506. The molecule has 0 saturated carbocycles. The van der Waals surface area contributed by atoms with Crippen LogP contribution in [0.25, 0.3) is 0 Å². The zero-order chi connectivity index (χ0) is 15.6. The van der Waals surface area contributed by atoms with Gasteiger partial charge in [-0.05, 0) is 26.0 Å². The number of morpholine rings is 1. The van der Waals surface area contributed by atoms with E-state index in [0.717, 1.165) is 13.1 Å². The molecule has 1 aliphatic rings. The van der Waals surface area contributed by atoms with Crippen molar-refractivity contribution in [1.82, 2.24) is 0 Å². The first-order valence-electron chi connectivity index (χ1n) is 6.78. The predicted molar refractivity (Wildman–Crippen MR) is 85.7 cm³/mol. The van der Waals surface area contributed by atoms with Crippen molar-refractivity contribution in [3.63, 3.8) is 0 Å². The van der Waals surface area contributed by atoms with Crippen LogP contribution in [0.3, 0.4) is 0 Å². The van der Waals surface area contributed by atoms with Gasteiger partial charge in [0.15, 0.2) is 6.54 Å². The fourth-order valence-corrected chi connectivity index (χ4v) is 3.52. The highest BCUT2D eigenvalue weighted by molar-refractivity contribution is 6.42. The van der Waals surface area contributed by atoms with Gasteiger partial charge in [0.1, 0.15) is 25.3 Å². The van der Waals surface area contributed by atoms with E-state index in [1.165, 1.54) is 4.90 Å². The quantitative estimate of drug-likeness (QED) is 0.876. The molecule has 2 N–H and O–H groups in total. The molecule has 1 aliphatic heterocycles. The van der Waals surface area contributed by atoms with Gasteiger partial charge in [0.05, 0.1) is 15.7 Å². The standard InChI is InChI=1S/C14H17Cl3N2O2/c1-8-5-19(6-9(2)21-8)7-13(20)18-14-11(16)3-10(15)4-12(14)17/h3-4,8-9H,5-7H2,1-2H3,(H,18,20)/p+1/t8-,9-/m1/s1. The smallest absolute Gasteiger partial charge is 0.279 e. The molecular formula is C14H18Cl3N2O2+. The maximum absolute atomic E-state index is 12.2. The molecule has 21 heavy (non-hydrogen) atoms. The number of hydrogen-bond donors (Lipinski definition) is 2. The predicted octanol–water partition coefficient (Wildman–Crippen LogP) is 2.28. The number of nitrogens with one attached hydrogen (secondary N) is 2. The van der Waals surface area contributed by atoms with Crippen LogP contribution in [0.15, 0.2) is 12.1 Å². The Balaban J connectivity index is 1.99. The largest absolute Gasteiger partial charge is 0.364 e. The van der Waals surface area contributed by atoms with Crippen molar-refractivity contribution in [1.29, 1.82) is 0 Å². The van der Waals surface area contributed by atoms with E-state index < -0.39 is 0 Å². The fourth-order valence-electron chi connectivity index (χ4n) is 2.61. The summed E-state index contributed by atoms with van der Waals surface area (Å²) in [6.45, 7) is 5.99. The van der Waals surface area contributed by atoms with Crippen molar-refractivity contribution >= 4 is 46.4 Å². The Kier molecular flexibility index (Phi) is 5.74. The van der Waals surface area contributed by atoms with Crippen molar-refractivity contribution in [2.75, 3.05) is 25.0 Å². The first-order valence-corrected chi connectivity index (χ1v) is 7.92. The monoisotopic (exact) mass is 351 g/mol. The second-order valence-corrected chi connectivity index (χ2v) is 6.64. The SMILES string of the molecule is C[C@@H]1C[NH+](CC(=O)Nc2c(Cl)cc(Cl)cc2Cl)C[C@@H](C)O1. The first-order chi connectivity index (χ1) is 9.85. The lowest BCUT2D eigenvalue weighted by Gasteiger charge is -2.31. The van der Waals surface area contributed by atoms with Crippen LogP contribution in [-0.2, 0) is 9.53 Å². The molecule has 0 radical (unpaired) electrons. The van der Waals surface area contributed by atoms with Crippen LogP contribution in [0.1, 0.15) is 13.8 Å². The van der Waals surface area contributed by atoms with Crippen LogP contribution in [-0.4, -0.2) is 37.7 Å². The summed E-state index contributed by atoms with van der Waals surface area (Å²) < 4.78 is 5.66. The number of hydrogen-bond acceptors (Lipinski definition) is 2. The number of carbonyl (C=O) groups excluding carboxylic acids is 1. The van der Waals surface area contributed by atoms with Gasteiger partial charge in [-0.2, -0.15) is 0 Å². The Morgan fingerprint density at radius 3 is 2.29 bits per heavy atom. The molecule has 4 nitrogen and oxygen atoms in total. The molecule has 1 aromatic rings. The average molecular weight is 353 g/mol. The highest BCUT2D eigenvalue weighted by Gasteiger charge is 2.27. The molecule has 0 aromatic heterocycles. The van der Waals surface area contributed by atoms with Crippen LogP contribution in [0.4, 0.5) is 5.69 Å². The van der Waals surface area contributed by atoms with Crippen LogP contribution in [0.2, 0.25) is 15.1 Å². The van der Waals surface area contributed by atoms with Gasteiger partial charge in [0.2, 0.25) is 0 Å². The number of halogens is 3. The van der Waals surface area contributed by atoms with Crippen LogP contribution >= 0.6 is 34.8 Å². The van der Waals surface area contributed by atoms with Crippen LogP contribution in [0.5, 0.6) is 0 Å². The van der Waals surface area contributed by atoms with E-state index >= 15 is 0 Å². The van der Waals surface area contributed by atoms with Gasteiger partial charge in [0, 0.05) is 5.02 Å². The fraction of sp³-hybridized carbons (Fsp3) is 0.500. The molecule has 1 heterocycles. The minimum absolute atomic E-state index is 0.127. The Morgan fingerprint density at radius 2 is 1.76 bits per heavy atom. The van der Waals surface area contributed by atoms with E-state index in [9.17, 15) is 4.79 Å². The van der Waals surface area contributed by atoms with Gasteiger partial charge in [0.25, 0.3) is 5.91 Å². The summed E-state index contributed by atoms with van der Waals surface area (Å²) in [5, 5.41) is 3.86. The van der Waals surface area contributed by atoms with E-state index in [1.807, 2.05) is 13.8 Å². The first kappa shape index (κ1) is 16.8. The van der Waals surface area contributed by atoms with Crippen LogP contribution in [0, 0.1) is 0 Å². The second kappa shape index (κ2) is 7.16. The molecule has 7 heteroatoms. The summed E-state index contributed by atoms with van der Waals surface area (Å²) in [7, 11) is 0. The minimum Gasteiger partial charge on any atom is -0.364 e. The number of amides is 1. The van der Waals surface area contributed by atoms with Crippen molar-refractivity contribution in [3.05, 3.63) is 27.2 Å². The van der Waals surface area contributed by atoms with Crippen molar-refractivity contribution in [2.45, 2.75) is 26.1 Å². The van der Waals surface area contributed by atoms with E-state index in [2.05, 4.69) is 5.32 Å². The topological polar surface area (TPSA) is 42.8 Å². The molecule has 2 atom stereocenters. The van der Waals surface area contributed by atoms with Gasteiger partial charge in [-0.1, -0.05) is 34.8 Å². The molecule has 0 bridgehead atoms. The molecule has 116 valence electrons. The summed E-state index contributed by atoms with van der Waals surface area (Å²) in [6.07, 6.45) is 0.304. The Morgan fingerprint density at radius 1 is 1.24 bits per heavy atom. The maximum atomic E-state index is 12.2. The molecule has 1 saturated heterocycles. The Hall–Kier alpha value is -0.520. The van der Waals surface area contributed by atoms with E-state index in [4.69, 9.17) is 39.5 Å². The lowest BCUT2D eigenvalue weighted by atomic mass is 10.2. The molecule has 2 rings (SSSR count). The normalized spacial score (nSPS) is 25.7. The van der Waals surface area contributed by atoms with Crippen molar-refractivity contribution < 1.29 is 14.4 Å². The maximum Gasteiger partial charge on any atom is 0.279 e. The third-order valence-corrected chi connectivity index (χ3v) is 4.11. The van der Waals surface area contributed by atoms with E-state index in [0.29, 0.717) is 27.3 Å². The van der Waals surface area contributed by atoms with Gasteiger partial charge < -0.3 is 15.0 Å². The summed E-state index contributed by atoms with van der Waals surface area (Å²) in [5.74, 6) is -0.127. The molecule has 1 fully saturated rings. The lowest BCUT2D eigenvalue weighted by molar-refractivity contribution is -0.907. The molecule has 0 unspecified atom stereocenters. The van der Waals surface area contributed by atoms with Gasteiger partial charge in [-0.15, -0.1) is 0 Å². The van der Waals surface area contributed by atoms with E-state index in [1.54, 1.807) is 12.1 Å². The number of quaternary nitrogens is 1. The minimum atomic E-state index is -0.127. The van der Waals surface area contributed by atoms with Gasteiger partial charge >= 0.3 is 0 Å². The van der Waals surface area contributed by atoms with E-state index in [-0.39, 0.29) is 18.1 Å². The van der Waals surface area contributed by atoms with Crippen LogP contribution < -0.4 is 10.2 Å². The summed E-state index contributed by atoms with van der Waals surface area (Å²) >= 11 is 18.0. The number of benzene rings is 1. The van der Waals surface area contributed by atoms with Gasteiger partial charge in [-0.25, -0.2) is 0 Å². The highest BCUT2D eigenvalue weighted by Crippen LogP contribution is 2.33. The Labute approximate surface area is 139 Å². The molecule has 1 amide bonds. The summed E-state index contributed by atoms with van der Waals surface area (Å²) in [5.41, 5.74) is 0.404. The molecule has 1 aromatic carbocycles. The number of carbonyl (C=O) groups is 1. The third-order valence-electron chi connectivity index (χ3n) is 3.30. The summed E-state index contributed by atoms with van der Waals surface area (Å²) in [6, 6.07) is 3.10. The summed E-state index contributed by atoms with van der Waals surface area (Å²) in [4.78, 5) is 13.3. The number of ether oxygens (including phenoxy) is 1. The second-order valence-electron chi connectivity index (χ2n) is 5.38. The van der Waals surface area contributed by atoms with Crippen molar-refractivity contribution in [3.8, 4) is 0 Å². The highest BCUT2D eigenvalue weighted by atomic mass is 35.5. The zero-order valence-electron chi connectivity index (χ0n) is 11.9. The lowest BCUT2D eigenvalue weighted by Crippen LogP contribution is -3.16. The molecular weight excluding hydrogens is 335 g/mol. The van der Waals surface area contributed by atoms with Gasteiger partial charge in [-0.3, -0.25) is 4.79 Å².